The van der Waals surface area contributed by atoms with Gasteiger partial charge in [-0.15, -0.1) is 0 Å². The van der Waals surface area contributed by atoms with Crippen molar-refractivity contribution in [2.45, 2.75) is 19.4 Å². The van der Waals surface area contributed by atoms with Gasteiger partial charge in [0.15, 0.2) is 0 Å². The lowest BCUT2D eigenvalue weighted by atomic mass is 10.0. The maximum Gasteiger partial charge on any atom is 0.341 e. The number of nitrogens with zero attached hydrogens (tertiary/aromatic N) is 3. The van der Waals surface area contributed by atoms with Gasteiger partial charge in [-0.05, 0) is 48.2 Å². The number of aromatic nitrogens is 2. The van der Waals surface area contributed by atoms with Crippen molar-refractivity contribution in [1.82, 2.24) is 9.55 Å². The third-order valence-electron chi connectivity index (χ3n) is 6.10. The Morgan fingerprint density at radius 2 is 1.73 bits per heavy atom. The van der Waals surface area contributed by atoms with Crippen molar-refractivity contribution in [3.63, 3.8) is 0 Å². The molecule has 166 valence electrons. The molecule has 5 rings (SSSR count). The summed E-state index contributed by atoms with van der Waals surface area (Å²) >= 11 is 0. The van der Waals surface area contributed by atoms with Crippen LogP contribution < -0.4 is 10.3 Å². The number of hydrogen-bond donors (Lipinski definition) is 1. The molecule has 4 aromatic rings. The van der Waals surface area contributed by atoms with Crippen LogP contribution in [0.15, 0.2) is 71.8 Å². The number of carboxylic acid groups (broad SMARTS) is 1. The Bertz CT molecular complexity index is 1390. The third kappa shape index (κ3) is 3.98. The monoisotopic (exact) mass is 443 g/mol. The highest BCUT2D eigenvalue weighted by atomic mass is 19.1. The minimum atomic E-state index is -1.33. The number of aromatic carboxylic acids is 1. The number of benzene rings is 2. The summed E-state index contributed by atoms with van der Waals surface area (Å²) < 4.78 is 16.1. The van der Waals surface area contributed by atoms with Gasteiger partial charge in [0.25, 0.3) is 0 Å². The van der Waals surface area contributed by atoms with Crippen LogP contribution >= 0.6 is 0 Å². The van der Waals surface area contributed by atoms with Crippen LogP contribution in [0.2, 0.25) is 0 Å². The number of anilines is 1. The van der Waals surface area contributed by atoms with Gasteiger partial charge >= 0.3 is 5.97 Å². The molecule has 1 N–H and O–H groups in total. The van der Waals surface area contributed by atoms with E-state index in [2.05, 4.69) is 16.0 Å². The molecule has 1 saturated heterocycles. The van der Waals surface area contributed by atoms with Gasteiger partial charge in [0.05, 0.1) is 5.52 Å². The van der Waals surface area contributed by atoms with Crippen LogP contribution in [0.5, 0.6) is 0 Å². The van der Waals surface area contributed by atoms with E-state index < -0.39 is 17.2 Å². The van der Waals surface area contributed by atoms with Crippen LogP contribution in [0.4, 0.5) is 10.2 Å². The minimum Gasteiger partial charge on any atom is -0.477 e. The fraction of sp³-hybridized carbons (Fsp3) is 0.192. The number of carbonyl (C=O) groups is 1. The van der Waals surface area contributed by atoms with Crippen LogP contribution in [0.3, 0.4) is 0 Å². The van der Waals surface area contributed by atoms with Crippen molar-refractivity contribution >= 4 is 22.7 Å². The van der Waals surface area contributed by atoms with E-state index in [1.165, 1.54) is 41.8 Å². The molecule has 33 heavy (non-hydrogen) atoms. The molecule has 2 aromatic carbocycles. The quantitative estimate of drug-likeness (QED) is 0.490. The minimum absolute atomic E-state index is 0.0516. The zero-order chi connectivity index (χ0) is 22.9. The molecule has 0 bridgehead atoms. The van der Waals surface area contributed by atoms with Crippen LogP contribution in [0, 0.1) is 5.82 Å². The first-order chi connectivity index (χ1) is 16.0. The first kappa shape index (κ1) is 20.9. The molecule has 6 nitrogen and oxygen atoms in total. The SMILES string of the molecule is O=C(O)c1cn(Cc2ccc(-c3ccc(N4CCCC4)nc3)cc2)c2c(F)cccc2c1=O. The van der Waals surface area contributed by atoms with Crippen molar-refractivity contribution in [2.75, 3.05) is 18.0 Å². The fourth-order valence-electron chi connectivity index (χ4n) is 4.38. The lowest BCUT2D eigenvalue weighted by Gasteiger charge is -2.16. The molecule has 0 saturated carbocycles. The average Bonchev–Trinajstić information content (AvgIpc) is 3.36. The number of fused-ring (bicyclic) bond motifs is 1. The Morgan fingerprint density at radius 3 is 2.39 bits per heavy atom. The molecule has 3 heterocycles. The first-order valence-corrected chi connectivity index (χ1v) is 10.9. The van der Waals surface area contributed by atoms with E-state index in [1.807, 2.05) is 36.5 Å². The van der Waals surface area contributed by atoms with Crippen LogP contribution in [-0.2, 0) is 6.54 Å². The van der Waals surface area contributed by atoms with Gasteiger partial charge in [-0.2, -0.15) is 0 Å². The smallest absolute Gasteiger partial charge is 0.341 e. The van der Waals surface area contributed by atoms with E-state index in [9.17, 15) is 19.1 Å². The molecule has 0 amide bonds. The molecular weight excluding hydrogens is 421 g/mol. The predicted molar refractivity (Wildman–Crippen MR) is 125 cm³/mol. The van der Waals surface area contributed by atoms with Crippen molar-refractivity contribution in [1.29, 1.82) is 0 Å². The molecule has 0 spiro atoms. The Hall–Kier alpha value is -4.00. The Morgan fingerprint density at radius 1 is 1.00 bits per heavy atom. The molecular formula is C26H22FN3O3. The van der Waals surface area contributed by atoms with Crippen LogP contribution in [-0.4, -0.2) is 33.7 Å². The number of hydrogen-bond acceptors (Lipinski definition) is 4. The van der Waals surface area contributed by atoms with Gasteiger partial charge in [0.1, 0.15) is 17.2 Å². The molecule has 0 radical (unpaired) electrons. The number of pyridine rings is 2. The van der Waals surface area contributed by atoms with Gasteiger partial charge in [0, 0.05) is 43.0 Å². The predicted octanol–water partition coefficient (Wildman–Crippen LogP) is 4.55. The molecule has 0 aliphatic carbocycles. The number of rotatable bonds is 5. The molecule has 0 atom stereocenters. The molecule has 1 fully saturated rings. The molecule has 0 unspecified atom stereocenters. The maximum absolute atomic E-state index is 14.6. The molecule has 1 aliphatic heterocycles. The summed E-state index contributed by atoms with van der Waals surface area (Å²) in [6.45, 7) is 2.32. The van der Waals surface area contributed by atoms with Crippen molar-refractivity contribution in [2.24, 2.45) is 0 Å². The van der Waals surface area contributed by atoms with Crippen LogP contribution in [0.25, 0.3) is 22.0 Å². The van der Waals surface area contributed by atoms with E-state index in [4.69, 9.17) is 0 Å². The Labute approximate surface area is 189 Å². The lowest BCUT2D eigenvalue weighted by molar-refractivity contribution is 0.0695. The van der Waals surface area contributed by atoms with Crippen molar-refractivity contribution in [3.8, 4) is 11.1 Å². The summed E-state index contributed by atoms with van der Waals surface area (Å²) in [6, 6.07) is 16.0. The van der Waals surface area contributed by atoms with E-state index in [0.717, 1.165) is 35.6 Å². The second-order valence-corrected chi connectivity index (χ2v) is 8.24. The molecule has 1 aliphatic rings. The van der Waals surface area contributed by atoms with Gasteiger partial charge in [-0.1, -0.05) is 30.3 Å². The number of carboxylic acids is 1. The normalized spacial score (nSPS) is 13.5. The summed E-state index contributed by atoms with van der Waals surface area (Å²) in [5, 5.41) is 9.47. The standard InChI is InChI=1S/C26H22FN3O3/c27-22-5-3-4-20-24(22)30(16-21(25(20)31)26(32)33)15-17-6-8-18(9-7-17)19-10-11-23(28-14-19)29-12-1-2-13-29/h3-11,14,16H,1-2,12-13,15H2,(H,32,33). The zero-order valence-corrected chi connectivity index (χ0v) is 17.9. The number of para-hydroxylation sites is 1. The highest BCUT2D eigenvalue weighted by Gasteiger charge is 2.17. The summed E-state index contributed by atoms with van der Waals surface area (Å²) in [4.78, 5) is 30.9. The van der Waals surface area contributed by atoms with Crippen molar-refractivity contribution in [3.05, 3.63) is 94.2 Å². The number of halogens is 1. The largest absolute Gasteiger partial charge is 0.477 e. The van der Waals surface area contributed by atoms with E-state index >= 15 is 0 Å². The van der Waals surface area contributed by atoms with Crippen molar-refractivity contribution < 1.29 is 14.3 Å². The Kier molecular flexibility index (Phi) is 5.38. The van der Waals surface area contributed by atoms with E-state index in [-0.39, 0.29) is 23.0 Å². The topological polar surface area (TPSA) is 75.4 Å². The van der Waals surface area contributed by atoms with Crippen LogP contribution in [0.1, 0.15) is 28.8 Å². The first-order valence-electron chi connectivity index (χ1n) is 10.9. The highest BCUT2D eigenvalue weighted by Crippen LogP contribution is 2.24. The summed E-state index contributed by atoms with van der Waals surface area (Å²) in [5.41, 5.74) is 1.88. The highest BCUT2D eigenvalue weighted by molar-refractivity contribution is 5.92. The zero-order valence-electron chi connectivity index (χ0n) is 17.9. The van der Waals surface area contributed by atoms with Gasteiger partial charge < -0.3 is 14.6 Å². The summed E-state index contributed by atoms with van der Waals surface area (Å²) in [6.07, 6.45) is 5.48. The summed E-state index contributed by atoms with van der Waals surface area (Å²) in [5.74, 6) is -0.906. The van der Waals surface area contributed by atoms with E-state index in [0.29, 0.717) is 0 Å². The summed E-state index contributed by atoms with van der Waals surface area (Å²) in [7, 11) is 0. The second-order valence-electron chi connectivity index (χ2n) is 8.24. The third-order valence-corrected chi connectivity index (χ3v) is 6.10. The maximum atomic E-state index is 14.6. The Balaban J connectivity index is 1.44. The average molecular weight is 443 g/mol. The lowest BCUT2D eigenvalue weighted by Crippen LogP contribution is -2.20. The second kappa shape index (κ2) is 8.50. The van der Waals surface area contributed by atoms with Gasteiger partial charge in [-0.25, -0.2) is 14.2 Å². The molecule has 7 heteroatoms. The van der Waals surface area contributed by atoms with Gasteiger partial charge in [-0.3, -0.25) is 4.79 Å². The van der Waals surface area contributed by atoms with Gasteiger partial charge in [0.2, 0.25) is 5.43 Å². The van der Waals surface area contributed by atoms with E-state index in [1.54, 1.807) is 0 Å². The molecule has 2 aromatic heterocycles. The fourth-order valence-corrected chi connectivity index (χ4v) is 4.38.